The first-order valence-corrected chi connectivity index (χ1v) is 7.44. The zero-order valence-electron chi connectivity index (χ0n) is 12.6. The molecule has 0 atom stereocenters. The van der Waals surface area contributed by atoms with E-state index in [0.717, 1.165) is 34.9 Å². The van der Waals surface area contributed by atoms with Crippen molar-refractivity contribution in [2.45, 2.75) is 19.8 Å². The Bertz CT molecular complexity index is 685. The number of hydrogen-bond donors (Lipinski definition) is 2. The molecule has 2 heterocycles. The molecule has 0 fully saturated rings. The first-order valence-electron chi connectivity index (χ1n) is 7.44. The molecule has 1 amide bonds. The first kappa shape index (κ1) is 14.4. The number of pyridine rings is 1. The Balaban J connectivity index is 1.51. The van der Waals surface area contributed by atoms with Crippen molar-refractivity contribution >= 4 is 17.4 Å². The summed E-state index contributed by atoms with van der Waals surface area (Å²) in [5.41, 5.74) is 3.01. The molecule has 1 aromatic carbocycles. The number of amides is 1. The highest BCUT2D eigenvalue weighted by molar-refractivity contribution is 5.93. The van der Waals surface area contributed by atoms with Crippen molar-refractivity contribution in [2.24, 2.45) is 0 Å². The summed E-state index contributed by atoms with van der Waals surface area (Å²) in [6, 6.07) is 11.7. The summed E-state index contributed by atoms with van der Waals surface area (Å²) in [5, 5.41) is 6.10. The fraction of sp³-hybridized carbons (Fsp3) is 0.294. The van der Waals surface area contributed by atoms with E-state index in [4.69, 9.17) is 4.74 Å². The topological polar surface area (TPSA) is 63.2 Å². The van der Waals surface area contributed by atoms with E-state index in [1.54, 1.807) is 0 Å². The van der Waals surface area contributed by atoms with Gasteiger partial charge in [-0.2, -0.15) is 0 Å². The largest absolute Gasteiger partial charge is 0.492 e. The molecule has 5 nitrogen and oxygen atoms in total. The van der Waals surface area contributed by atoms with Crippen molar-refractivity contribution < 1.29 is 9.53 Å². The van der Waals surface area contributed by atoms with Crippen molar-refractivity contribution in [1.82, 2.24) is 4.98 Å². The third kappa shape index (κ3) is 3.55. The second kappa shape index (κ2) is 6.47. The van der Waals surface area contributed by atoms with Crippen LogP contribution in [0.3, 0.4) is 0 Å². The molecule has 0 spiro atoms. The molecule has 3 rings (SSSR count). The van der Waals surface area contributed by atoms with Crippen molar-refractivity contribution in [2.75, 3.05) is 23.8 Å². The van der Waals surface area contributed by atoms with Gasteiger partial charge in [0.2, 0.25) is 5.91 Å². The molecular formula is C17H19N3O2. The quantitative estimate of drug-likeness (QED) is 0.833. The Hall–Kier alpha value is -2.56. The molecule has 1 aliphatic rings. The standard InChI is InChI=1S/C17H19N3O2/c1-12-3-2-4-16(19-12)18-9-10-22-14-6-7-15-13(11-14)5-8-17(21)20-15/h2-4,6-7,11H,5,8-10H2,1H3,(H,18,19)(H,20,21). The van der Waals surface area contributed by atoms with E-state index in [1.807, 2.05) is 43.3 Å². The highest BCUT2D eigenvalue weighted by atomic mass is 16.5. The summed E-state index contributed by atoms with van der Waals surface area (Å²) in [6.45, 7) is 3.21. The van der Waals surface area contributed by atoms with Crippen LogP contribution in [0.1, 0.15) is 17.7 Å². The number of carbonyl (C=O) groups excluding carboxylic acids is 1. The fourth-order valence-electron chi connectivity index (χ4n) is 2.44. The highest BCUT2D eigenvalue weighted by Crippen LogP contribution is 2.26. The molecule has 0 radical (unpaired) electrons. The SMILES string of the molecule is Cc1cccc(NCCOc2ccc3c(c2)CCC(=O)N3)n1. The van der Waals surface area contributed by atoms with Crippen LogP contribution in [0.25, 0.3) is 0 Å². The van der Waals surface area contributed by atoms with Crippen LogP contribution in [-0.4, -0.2) is 24.0 Å². The summed E-state index contributed by atoms with van der Waals surface area (Å²) < 4.78 is 5.75. The average molecular weight is 297 g/mol. The monoisotopic (exact) mass is 297 g/mol. The molecule has 2 aromatic rings. The van der Waals surface area contributed by atoms with Gasteiger partial charge in [-0.15, -0.1) is 0 Å². The van der Waals surface area contributed by atoms with Crippen LogP contribution in [0.4, 0.5) is 11.5 Å². The van der Waals surface area contributed by atoms with Crippen LogP contribution < -0.4 is 15.4 Å². The van der Waals surface area contributed by atoms with Crippen LogP contribution in [0.5, 0.6) is 5.75 Å². The predicted molar refractivity (Wildman–Crippen MR) is 86.4 cm³/mol. The number of fused-ring (bicyclic) bond motifs is 1. The summed E-state index contributed by atoms with van der Waals surface area (Å²) in [5.74, 6) is 1.77. The molecule has 5 heteroatoms. The third-order valence-electron chi connectivity index (χ3n) is 3.54. The number of anilines is 2. The normalized spacial score (nSPS) is 13.2. The Morgan fingerprint density at radius 3 is 3.05 bits per heavy atom. The average Bonchev–Trinajstić information content (AvgIpc) is 2.52. The molecular weight excluding hydrogens is 278 g/mol. The van der Waals surface area contributed by atoms with E-state index in [9.17, 15) is 4.79 Å². The third-order valence-corrected chi connectivity index (χ3v) is 3.54. The van der Waals surface area contributed by atoms with Crippen molar-refractivity contribution in [3.8, 4) is 5.75 Å². The van der Waals surface area contributed by atoms with Gasteiger partial charge < -0.3 is 15.4 Å². The second-order valence-electron chi connectivity index (χ2n) is 5.31. The molecule has 0 saturated heterocycles. The van der Waals surface area contributed by atoms with Crippen LogP contribution in [-0.2, 0) is 11.2 Å². The number of nitrogens with zero attached hydrogens (tertiary/aromatic N) is 1. The van der Waals surface area contributed by atoms with Gasteiger partial charge in [0.25, 0.3) is 0 Å². The Morgan fingerprint density at radius 2 is 2.18 bits per heavy atom. The van der Waals surface area contributed by atoms with Gasteiger partial charge in [-0.05, 0) is 49.2 Å². The number of aryl methyl sites for hydroxylation is 2. The molecule has 0 bridgehead atoms. The minimum absolute atomic E-state index is 0.0797. The maximum atomic E-state index is 11.3. The maximum Gasteiger partial charge on any atom is 0.224 e. The van der Waals surface area contributed by atoms with Gasteiger partial charge in [0.1, 0.15) is 18.2 Å². The van der Waals surface area contributed by atoms with E-state index in [1.165, 1.54) is 0 Å². The lowest BCUT2D eigenvalue weighted by molar-refractivity contribution is -0.116. The predicted octanol–water partition coefficient (Wildman–Crippen LogP) is 2.77. The van der Waals surface area contributed by atoms with Crippen molar-refractivity contribution in [1.29, 1.82) is 0 Å². The number of hydrogen-bond acceptors (Lipinski definition) is 4. The van der Waals surface area contributed by atoms with Crippen LogP contribution >= 0.6 is 0 Å². The first-order chi connectivity index (χ1) is 10.7. The molecule has 114 valence electrons. The zero-order chi connectivity index (χ0) is 15.4. The fourth-order valence-corrected chi connectivity index (χ4v) is 2.44. The zero-order valence-corrected chi connectivity index (χ0v) is 12.6. The number of rotatable bonds is 5. The Morgan fingerprint density at radius 1 is 1.27 bits per heavy atom. The van der Waals surface area contributed by atoms with Gasteiger partial charge in [0, 0.05) is 17.8 Å². The smallest absolute Gasteiger partial charge is 0.224 e. The summed E-state index contributed by atoms with van der Waals surface area (Å²) >= 11 is 0. The minimum atomic E-state index is 0.0797. The van der Waals surface area contributed by atoms with Crippen molar-refractivity contribution in [3.63, 3.8) is 0 Å². The molecule has 22 heavy (non-hydrogen) atoms. The summed E-state index contributed by atoms with van der Waals surface area (Å²) in [7, 11) is 0. The van der Waals surface area contributed by atoms with Gasteiger partial charge in [0.15, 0.2) is 0 Å². The number of nitrogens with one attached hydrogen (secondary N) is 2. The summed E-state index contributed by atoms with van der Waals surface area (Å²) in [6.07, 6.45) is 1.31. The maximum absolute atomic E-state index is 11.3. The van der Waals surface area contributed by atoms with Crippen LogP contribution in [0.2, 0.25) is 0 Å². The number of aromatic nitrogens is 1. The summed E-state index contributed by atoms with van der Waals surface area (Å²) in [4.78, 5) is 15.7. The van der Waals surface area contributed by atoms with Gasteiger partial charge in [-0.25, -0.2) is 4.98 Å². The van der Waals surface area contributed by atoms with Crippen LogP contribution in [0.15, 0.2) is 36.4 Å². The van der Waals surface area contributed by atoms with Crippen molar-refractivity contribution in [3.05, 3.63) is 47.7 Å². The second-order valence-corrected chi connectivity index (χ2v) is 5.31. The van der Waals surface area contributed by atoms with E-state index in [-0.39, 0.29) is 5.91 Å². The molecule has 1 aromatic heterocycles. The highest BCUT2D eigenvalue weighted by Gasteiger charge is 2.14. The van der Waals surface area contributed by atoms with E-state index < -0.39 is 0 Å². The number of carbonyl (C=O) groups is 1. The molecule has 0 unspecified atom stereocenters. The van der Waals surface area contributed by atoms with Gasteiger partial charge in [0.05, 0.1) is 6.54 Å². The Labute approximate surface area is 129 Å². The molecule has 0 saturated carbocycles. The van der Waals surface area contributed by atoms with E-state index in [0.29, 0.717) is 19.6 Å². The minimum Gasteiger partial charge on any atom is -0.492 e. The lowest BCUT2D eigenvalue weighted by atomic mass is 10.0. The van der Waals surface area contributed by atoms with Gasteiger partial charge >= 0.3 is 0 Å². The molecule has 2 N–H and O–H groups in total. The van der Waals surface area contributed by atoms with E-state index in [2.05, 4.69) is 15.6 Å². The Kier molecular flexibility index (Phi) is 4.23. The van der Waals surface area contributed by atoms with Crippen LogP contribution in [0, 0.1) is 6.92 Å². The van der Waals surface area contributed by atoms with Gasteiger partial charge in [-0.3, -0.25) is 4.79 Å². The number of ether oxygens (including phenoxy) is 1. The molecule has 0 aliphatic carbocycles. The van der Waals surface area contributed by atoms with Gasteiger partial charge in [-0.1, -0.05) is 6.07 Å². The number of benzene rings is 1. The molecule has 1 aliphatic heterocycles. The lowest BCUT2D eigenvalue weighted by Crippen LogP contribution is -2.19. The lowest BCUT2D eigenvalue weighted by Gasteiger charge is -2.17. The van der Waals surface area contributed by atoms with E-state index >= 15 is 0 Å².